The summed E-state index contributed by atoms with van der Waals surface area (Å²) in [6.07, 6.45) is 5.91. The Morgan fingerprint density at radius 2 is 1.90 bits per heavy atom. The van der Waals surface area contributed by atoms with Crippen molar-refractivity contribution < 1.29 is 9.90 Å². The van der Waals surface area contributed by atoms with Crippen LogP contribution in [0.4, 0.5) is 0 Å². The highest BCUT2D eigenvalue weighted by molar-refractivity contribution is 5.74. The van der Waals surface area contributed by atoms with Gasteiger partial charge in [-0.1, -0.05) is 13.3 Å². The molecule has 0 aromatic heterocycles. The molecule has 2 heterocycles. The van der Waals surface area contributed by atoms with Crippen molar-refractivity contribution in [2.24, 2.45) is 11.7 Å². The second-order valence-electron chi connectivity index (χ2n) is 6.95. The number of primary amides is 1. The fourth-order valence-electron chi connectivity index (χ4n) is 3.63. The Balaban J connectivity index is 1.76. The number of carbonyl (C=O) groups excluding carboxylic acids is 1. The zero-order chi connectivity index (χ0) is 15.2. The molecular weight excluding hydrogens is 266 g/mol. The molecule has 2 unspecified atom stereocenters. The number of β-amino-alcohol motifs (C(OH)–C–C–N with tert-alkyl or cyclic N) is 1. The number of aliphatic hydroxyl groups is 1. The highest BCUT2D eigenvalue weighted by atomic mass is 16.3. The van der Waals surface area contributed by atoms with E-state index < -0.39 is 0 Å². The zero-order valence-electron chi connectivity index (χ0n) is 13.3. The summed E-state index contributed by atoms with van der Waals surface area (Å²) in [5.41, 5.74) is 5.34. The Kier molecular flexibility index (Phi) is 6.45. The van der Waals surface area contributed by atoms with E-state index in [1.807, 2.05) is 0 Å². The molecule has 21 heavy (non-hydrogen) atoms. The highest BCUT2D eigenvalue weighted by Crippen LogP contribution is 2.20. The summed E-state index contributed by atoms with van der Waals surface area (Å²) in [6.45, 7) is 6.91. The first-order valence-corrected chi connectivity index (χ1v) is 8.47. The number of nitrogens with zero attached hydrogens (tertiary/aromatic N) is 2. The number of hydrogen-bond donors (Lipinski definition) is 2. The van der Waals surface area contributed by atoms with Crippen LogP contribution < -0.4 is 5.73 Å². The lowest BCUT2D eigenvalue weighted by Crippen LogP contribution is -2.48. The van der Waals surface area contributed by atoms with Crippen molar-refractivity contribution in [2.45, 2.75) is 57.6 Å². The topological polar surface area (TPSA) is 69.8 Å². The predicted octanol–water partition coefficient (Wildman–Crippen LogP) is 0.809. The fourth-order valence-corrected chi connectivity index (χ4v) is 3.63. The van der Waals surface area contributed by atoms with Crippen molar-refractivity contribution in [3.63, 3.8) is 0 Å². The molecule has 1 amide bonds. The van der Waals surface area contributed by atoms with E-state index in [1.54, 1.807) is 0 Å². The van der Waals surface area contributed by atoms with Crippen LogP contribution in [-0.2, 0) is 4.79 Å². The van der Waals surface area contributed by atoms with E-state index >= 15 is 0 Å². The van der Waals surface area contributed by atoms with E-state index in [9.17, 15) is 9.90 Å². The highest BCUT2D eigenvalue weighted by Gasteiger charge is 2.26. The lowest BCUT2D eigenvalue weighted by molar-refractivity contribution is -0.119. The summed E-state index contributed by atoms with van der Waals surface area (Å²) in [5, 5.41) is 10.4. The Morgan fingerprint density at radius 3 is 2.57 bits per heavy atom. The average Bonchev–Trinajstić information content (AvgIpc) is 2.43. The standard InChI is InChI=1S/C16H31N3O2/c1-13-5-8-18(9-6-13)11-15(20)12-19-7-3-2-4-14(19)10-16(17)21/h13-15,20H,2-12H2,1H3,(H2,17,21). The Morgan fingerprint density at radius 1 is 1.19 bits per heavy atom. The first-order chi connectivity index (χ1) is 10.0. The zero-order valence-corrected chi connectivity index (χ0v) is 13.3. The van der Waals surface area contributed by atoms with E-state index in [-0.39, 0.29) is 18.1 Å². The molecule has 0 bridgehead atoms. The van der Waals surface area contributed by atoms with E-state index in [1.165, 1.54) is 12.8 Å². The van der Waals surface area contributed by atoms with Crippen LogP contribution in [0.1, 0.15) is 45.4 Å². The van der Waals surface area contributed by atoms with Crippen LogP contribution in [0.25, 0.3) is 0 Å². The van der Waals surface area contributed by atoms with Crippen molar-refractivity contribution in [1.82, 2.24) is 9.80 Å². The summed E-state index contributed by atoms with van der Waals surface area (Å²) < 4.78 is 0. The number of amides is 1. The van der Waals surface area contributed by atoms with Crippen molar-refractivity contribution in [3.8, 4) is 0 Å². The molecule has 0 spiro atoms. The van der Waals surface area contributed by atoms with Crippen molar-refractivity contribution in [1.29, 1.82) is 0 Å². The van der Waals surface area contributed by atoms with Gasteiger partial charge in [0.05, 0.1) is 6.10 Å². The number of aliphatic hydroxyl groups excluding tert-OH is 1. The molecule has 2 fully saturated rings. The Bertz CT molecular complexity index is 329. The molecular formula is C16H31N3O2. The molecule has 2 aliphatic rings. The molecule has 5 heteroatoms. The fraction of sp³-hybridized carbons (Fsp3) is 0.938. The number of piperidine rings is 2. The molecule has 2 atom stereocenters. The van der Waals surface area contributed by atoms with Crippen molar-refractivity contribution >= 4 is 5.91 Å². The molecule has 2 rings (SSSR count). The third-order valence-corrected chi connectivity index (χ3v) is 4.98. The summed E-state index contributed by atoms with van der Waals surface area (Å²) in [7, 11) is 0. The summed E-state index contributed by atoms with van der Waals surface area (Å²) in [4.78, 5) is 15.8. The lowest BCUT2D eigenvalue weighted by Gasteiger charge is -2.38. The normalized spacial score (nSPS) is 27.6. The maximum atomic E-state index is 11.2. The Hall–Kier alpha value is -0.650. The van der Waals surface area contributed by atoms with Gasteiger partial charge in [-0.15, -0.1) is 0 Å². The SMILES string of the molecule is CC1CCN(CC(O)CN2CCCCC2CC(N)=O)CC1. The largest absolute Gasteiger partial charge is 0.390 e. The quantitative estimate of drug-likeness (QED) is 0.761. The van der Waals surface area contributed by atoms with Crippen molar-refractivity contribution in [3.05, 3.63) is 0 Å². The molecule has 0 saturated carbocycles. The van der Waals surface area contributed by atoms with E-state index in [0.29, 0.717) is 13.0 Å². The van der Waals surface area contributed by atoms with Gasteiger partial charge in [-0.3, -0.25) is 9.69 Å². The van der Waals surface area contributed by atoms with Gasteiger partial charge in [0.25, 0.3) is 0 Å². The average molecular weight is 297 g/mol. The van der Waals surface area contributed by atoms with Gasteiger partial charge >= 0.3 is 0 Å². The summed E-state index contributed by atoms with van der Waals surface area (Å²) >= 11 is 0. The molecule has 0 radical (unpaired) electrons. The van der Waals surface area contributed by atoms with Crippen LogP contribution in [0, 0.1) is 5.92 Å². The minimum absolute atomic E-state index is 0.229. The van der Waals surface area contributed by atoms with Gasteiger partial charge in [0.15, 0.2) is 0 Å². The summed E-state index contributed by atoms with van der Waals surface area (Å²) in [5.74, 6) is 0.590. The number of rotatable bonds is 6. The lowest BCUT2D eigenvalue weighted by atomic mass is 9.97. The van der Waals surface area contributed by atoms with Crippen LogP contribution in [0.5, 0.6) is 0 Å². The number of likely N-dealkylation sites (tertiary alicyclic amines) is 2. The van der Waals surface area contributed by atoms with E-state index in [4.69, 9.17) is 5.73 Å². The molecule has 3 N–H and O–H groups in total. The van der Waals surface area contributed by atoms with Crippen molar-refractivity contribution in [2.75, 3.05) is 32.7 Å². The number of carbonyl (C=O) groups is 1. The van der Waals surface area contributed by atoms with Gasteiger partial charge in [0.2, 0.25) is 5.91 Å². The first kappa shape index (κ1) is 16.7. The van der Waals surface area contributed by atoms with Crippen LogP contribution >= 0.6 is 0 Å². The summed E-state index contributed by atoms with van der Waals surface area (Å²) in [6, 6.07) is 0.229. The molecule has 0 aliphatic carbocycles. The van der Waals surface area contributed by atoms with Gasteiger partial charge in [-0.25, -0.2) is 0 Å². The Labute approximate surface area is 128 Å². The maximum absolute atomic E-state index is 11.2. The number of nitrogens with two attached hydrogens (primary N) is 1. The van der Waals surface area contributed by atoms with E-state index in [0.717, 1.165) is 51.4 Å². The molecule has 5 nitrogen and oxygen atoms in total. The molecule has 0 aromatic carbocycles. The second kappa shape index (κ2) is 8.11. The van der Waals surface area contributed by atoms with E-state index in [2.05, 4.69) is 16.7 Å². The number of hydrogen-bond acceptors (Lipinski definition) is 4. The maximum Gasteiger partial charge on any atom is 0.218 e. The van der Waals surface area contributed by atoms with Crippen LogP contribution in [0.3, 0.4) is 0 Å². The monoisotopic (exact) mass is 297 g/mol. The molecule has 2 saturated heterocycles. The second-order valence-corrected chi connectivity index (χ2v) is 6.95. The van der Waals surface area contributed by atoms with Gasteiger partial charge < -0.3 is 15.7 Å². The minimum Gasteiger partial charge on any atom is -0.390 e. The molecule has 122 valence electrons. The van der Waals surface area contributed by atoms with Gasteiger partial charge in [0.1, 0.15) is 0 Å². The third kappa shape index (κ3) is 5.57. The van der Waals surface area contributed by atoms with Crippen LogP contribution in [0.2, 0.25) is 0 Å². The van der Waals surface area contributed by atoms with Gasteiger partial charge in [-0.05, 0) is 51.2 Å². The third-order valence-electron chi connectivity index (χ3n) is 4.98. The van der Waals surface area contributed by atoms with Gasteiger partial charge in [-0.2, -0.15) is 0 Å². The molecule has 0 aromatic rings. The minimum atomic E-state index is -0.327. The molecule has 2 aliphatic heterocycles. The smallest absolute Gasteiger partial charge is 0.218 e. The predicted molar refractivity (Wildman–Crippen MR) is 83.9 cm³/mol. The van der Waals surface area contributed by atoms with Crippen LogP contribution in [0.15, 0.2) is 0 Å². The van der Waals surface area contributed by atoms with Gasteiger partial charge in [0, 0.05) is 25.6 Å². The first-order valence-electron chi connectivity index (χ1n) is 8.47. The van der Waals surface area contributed by atoms with Crippen LogP contribution in [-0.4, -0.2) is 65.7 Å².